The minimum atomic E-state index is -0.764. The van der Waals surface area contributed by atoms with Crippen LogP contribution in [0, 0.1) is 11.8 Å². The Morgan fingerprint density at radius 1 is 0.264 bits per heavy atom. The molecule has 0 fully saturated rings. The molecule has 0 aromatic rings. The highest BCUT2D eigenvalue weighted by Crippen LogP contribution is 2.19. The van der Waals surface area contributed by atoms with Crippen LogP contribution >= 0.6 is 0 Å². The van der Waals surface area contributed by atoms with E-state index in [9.17, 15) is 14.4 Å². The lowest BCUT2D eigenvalue weighted by Crippen LogP contribution is -2.30. The van der Waals surface area contributed by atoms with Crippen LogP contribution in [0.4, 0.5) is 0 Å². The second-order valence-corrected chi connectivity index (χ2v) is 23.7. The van der Waals surface area contributed by atoms with Gasteiger partial charge in [-0.1, -0.05) is 336 Å². The molecular formula is C66H128O6. The van der Waals surface area contributed by atoms with Gasteiger partial charge in [0.25, 0.3) is 0 Å². The van der Waals surface area contributed by atoms with Gasteiger partial charge in [0.1, 0.15) is 13.2 Å². The predicted octanol–water partition coefficient (Wildman–Crippen LogP) is 22.0. The van der Waals surface area contributed by atoms with Gasteiger partial charge in [0.05, 0.1) is 0 Å². The summed E-state index contributed by atoms with van der Waals surface area (Å²) >= 11 is 0. The van der Waals surface area contributed by atoms with E-state index in [2.05, 4.69) is 34.6 Å². The molecule has 6 heteroatoms. The Balaban J connectivity index is 4.28. The number of hydrogen-bond acceptors (Lipinski definition) is 6. The minimum absolute atomic E-state index is 0.0617. The van der Waals surface area contributed by atoms with Crippen LogP contribution in [0.5, 0.6) is 0 Å². The maximum Gasteiger partial charge on any atom is 0.306 e. The highest BCUT2D eigenvalue weighted by Gasteiger charge is 2.19. The summed E-state index contributed by atoms with van der Waals surface area (Å²) in [5.74, 6) is 0.863. The first-order valence-electron chi connectivity index (χ1n) is 32.7. The van der Waals surface area contributed by atoms with E-state index in [-0.39, 0.29) is 31.1 Å². The summed E-state index contributed by atoms with van der Waals surface area (Å²) in [6.45, 7) is 11.5. The maximum absolute atomic E-state index is 12.9. The zero-order valence-corrected chi connectivity index (χ0v) is 49.6. The minimum Gasteiger partial charge on any atom is -0.462 e. The van der Waals surface area contributed by atoms with Crippen LogP contribution in [0.25, 0.3) is 0 Å². The number of esters is 3. The third-order valence-electron chi connectivity index (χ3n) is 15.2. The van der Waals surface area contributed by atoms with E-state index in [4.69, 9.17) is 14.2 Å². The molecule has 0 heterocycles. The van der Waals surface area contributed by atoms with E-state index in [1.165, 1.54) is 263 Å². The lowest BCUT2D eigenvalue weighted by molar-refractivity contribution is -0.167. The third-order valence-corrected chi connectivity index (χ3v) is 15.2. The van der Waals surface area contributed by atoms with E-state index < -0.39 is 6.10 Å². The molecule has 0 saturated carbocycles. The van der Waals surface area contributed by atoms with Gasteiger partial charge in [-0.2, -0.15) is 0 Å². The van der Waals surface area contributed by atoms with E-state index >= 15 is 0 Å². The summed E-state index contributed by atoms with van der Waals surface area (Å²) in [6, 6.07) is 0. The molecule has 6 nitrogen and oxygen atoms in total. The van der Waals surface area contributed by atoms with Crippen molar-refractivity contribution in [3.8, 4) is 0 Å². The van der Waals surface area contributed by atoms with E-state index in [1.54, 1.807) is 0 Å². The molecule has 0 spiro atoms. The van der Waals surface area contributed by atoms with Crippen molar-refractivity contribution in [2.45, 2.75) is 381 Å². The normalized spacial score (nSPS) is 12.0. The molecule has 0 aliphatic carbocycles. The molecule has 0 rings (SSSR count). The molecule has 0 aromatic carbocycles. The van der Waals surface area contributed by atoms with E-state index in [1.807, 2.05) is 0 Å². The first kappa shape index (κ1) is 70.4. The van der Waals surface area contributed by atoms with Gasteiger partial charge in [0.15, 0.2) is 6.10 Å². The van der Waals surface area contributed by atoms with Gasteiger partial charge >= 0.3 is 17.9 Å². The average Bonchev–Trinajstić information content (AvgIpc) is 3.36. The van der Waals surface area contributed by atoms with Crippen LogP contribution in [0.3, 0.4) is 0 Å². The van der Waals surface area contributed by atoms with E-state index in [0.29, 0.717) is 19.3 Å². The van der Waals surface area contributed by atoms with Crippen molar-refractivity contribution in [3.63, 3.8) is 0 Å². The molecule has 0 radical (unpaired) electrons. The number of unbranched alkanes of at least 4 members (excludes halogenated alkanes) is 45. The van der Waals surface area contributed by atoms with Gasteiger partial charge in [0.2, 0.25) is 0 Å². The summed E-state index contributed by atoms with van der Waals surface area (Å²) in [6.07, 6.45) is 65.3. The van der Waals surface area contributed by atoms with Crippen molar-refractivity contribution in [1.29, 1.82) is 0 Å². The number of ether oxygens (including phenoxy) is 3. The lowest BCUT2D eigenvalue weighted by atomic mass is 10.0. The number of hydrogen-bond donors (Lipinski definition) is 0. The molecule has 1 atom stereocenters. The fraction of sp³-hybridized carbons (Fsp3) is 0.955. The molecular weight excluding hydrogens is 889 g/mol. The second kappa shape index (κ2) is 58.7. The van der Waals surface area contributed by atoms with Crippen LogP contribution in [0.15, 0.2) is 0 Å². The Morgan fingerprint density at radius 3 is 0.681 bits per heavy atom. The Kier molecular flexibility index (Phi) is 57.4. The first-order chi connectivity index (χ1) is 35.2. The van der Waals surface area contributed by atoms with Crippen molar-refractivity contribution >= 4 is 17.9 Å². The van der Waals surface area contributed by atoms with Crippen LogP contribution < -0.4 is 0 Å². The quantitative estimate of drug-likeness (QED) is 0.0343. The molecule has 0 unspecified atom stereocenters. The Bertz CT molecular complexity index is 1100. The Labute approximate surface area is 450 Å². The van der Waals surface area contributed by atoms with Crippen molar-refractivity contribution < 1.29 is 28.6 Å². The van der Waals surface area contributed by atoms with Gasteiger partial charge in [-0.05, 0) is 31.1 Å². The molecule has 0 bridgehead atoms. The highest BCUT2D eigenvalue weighted by atomic mass is 16.6. The summed E-state index contributed by atoms with van der Waals surface area (Å²) in [5, 5.41) is 0. The molecule has 72 heavy (non-hydrogen) atoms. The van der Waals surface area contributed by atoms with Crippen LogP contribution in [-0.4, -0.2) is 37.2 Å². The van der Waals surface area contributed by atoms with Crippen LogP contribution in [0.1, 0.15) is 375 Å². The molecule has 0 amide bonds. The maximum atomic E-state index is 12.9. The van der Waals surface area contributed by atoms with Gasteiger partial charge in [-0.25, -0.2) is 0 Å². The molecule has 428 valence electrons. The van der Waals surface area contributed by atoms with E-state index in [0.717, 1.165) is 69.6 Å². The number of carbonyl (C=O) groups excluding carboxylic acids is 3. The van der Waals surface area contributed by atoms with Gasteiger partial charge in [0, 0.05) is 19.3 Å². The molecule has 0 aliphatic rings. The van der Waals surface area contributed by atoms with Crippen molar-refractivity contribution in [2.24, 2.45) is 11.8 Å². The summed E-state index contributed by atoms with van der Waals surface area (Å²) in [4.78, 5) is 38.4. The lowest BCUT2D eigenvalue weighted by Gasteiger charge is -2.18. The van der Waals surface area contributed by atoms with Gasteiger partial charge in [-0.15, -0.1) is 0 Å². The monoisotopic (exact) mass is 1020 g/mol. The topological polar surface area (TPSA) is 78.9 Å². The summed E-state index contributed by atoms with van der Waals surface area (Å²) in [7, 11) is 0. The zero-order chi connectivity index (χ0) is 52.5. The van der Waals surface area contributed by atoms with Crippen LogP contribution in [0.2, 0.25) is 0 Å². The summed E-state index contributed by atoms with van der Waals surface area (Å²) < 4.78 is 17.0. The zero-order valence-electron chi connectivity index (χ0n) is 49.6. The fourth-order valence-electron chi connectivity index (χ4n) is 10.3. The standard InChI is InChI=1S/C66H128O6/c1-6-7-8-9-10-11-12-13-14-15-16-17-20-26-31-36-41-46-51-56-64(67)70-59-63(72-66(69)58-53-48-43-38-33-28-23-22-25-30-35-40-45-50-55-62(4)5)60-71-65(68)57-52-47-42-37-32-27-21-18-19-24-29-34-39-44-49-54-61(2)3/h61-63H,6-60H2,1-5H3/t63-/m1/s1. The smallest absolute Gasteiger partial charge is 0.306 e. The first-order valence-corrected chi connectivity index (χ1v) is 32.7. The number of rotatable bonds is 60. The largest absolute Gasteiger partial charge is 0.462 e. The molecule has 0 saturated heterocycles. The van der Waals surface area contributed by atoms with Gasteiger partial charge in [-0.3, -0.25) is 14.4 Å². The Hall–Kier alpha value is -1.59. The van der Waals surface area contributed by atoms with Crippen LogP contribution in [-0.2, 0) is 28.6 Å². The summed E-state index contributed by atoms with van der Waals surface area (Å²) in [5.41, 5.74) is 0. The average molecular weight is 1020 g/mol. The highest BCUT2D eigenvalue weighted by molar-refractivity contribution is 5.71. The third kappa shape index (κ3) is 59.3. The van der Waals surface area contributed by atoms with Crippen molar-refractivity contribution in [1.82, 2.24) is 0 Å². The molecule has 0 aliphatic heterocycles. The molecule has 0 aromatic heterocycles. The predicted molar refractivity (Wildman–Crippen MR) is 312 cm³/mol. The number of carbonyl (C=O) groups is 3. The SMILES string of the molecule is CCCCCCCCCCCCCCCCCCCCCC(=O)OC[C@H](COC(=O)CCCCCCCCCCCCCCCCCC(C)C)OC(=O)CCCCCCCCCCCCCCCCC(C)C. The fourth-order valence-corrected chi connectivity index (χ4v) is 10.3. The second-order valence-electron chi connectivity index (χ2n) is 23.7. The van der Waals surface area contributed by atoms with Crippen molar-refractivity contribution in [2.75, 3.05) is 13.2 Å². The van der Waals surface area contributed by atoms with Gasteiger partial charge < -0.3 is 14.2 Å². The Morgan fingerprint density at radius 2 is 0.458 bits per heavy atom. The van der Waals surface area contributed by atoms with Crippen molar-refractivity contribution in [3.05, 3.63) is 0 Å². The molecule has 0 N–H and O–H groups in total.